The zero-order valence-corrected chi connectivity index (χ0v) is 23.9. The van der Waals surface area contributed by atoms with Crippen molar-refractivity contribution in [2.45, 2.75) is 53.9 Å². The van der Waals surface area contributed by atoms with Crippen LogP contribution in [-0.2, 0) is 0 Å². The number of hydrogen-bond donors (Lipinski definition) is 3. The third kappa shape index (κ3) is 5.63. The Hall–Kier alpha value is -3.87. The fourth-order valence-electron chi connectivity index (χ4n) is 5.17. The topological polar surface area (TPSA) is 100 Å². The lowest BCUT2D eigenvalue weighted by atomic mass is 9.73. The second-order valence-corrected chi connectivity index (χ2v) is 11.1. The Bertz CT molecular complexity index is 1400. The highest BCUT2D eigenvalue weighted by Gasteiger charge is 2.39. The number of carboxylic acids is 1. The SMILES string of the molecule is CC/N=C1/C=C2Oc3cc(NC)c(C)cc3C(c3ccc(C(=O)NCC(C)(C)CC)cc3C(=O)O)C2C=C1C. The third-order valence-electron chi connectivity index (χ3n) is 7.88. The predicted molar refractivity (Wildman–Crippen MR) is 156 cm³/mol. The van der Waals surface area contributed by atoms with E-state index in [9.17, 15) is 14.7 Å². The van der Waals surface area contributed by atoms with Crippen LogP contribution in [0, 0.1) is 18.3 Å². The second kappa shape index (κ2) is 11.1. The third-order valence-corrected chi connectivity index (χ3v) is 7.88. The number of hydrogen-bond acceptors (Lipinski definition) is 5. The molecule has 0 bridgehead atoms. The number of anilines is 1. The van der Waals surface area contributed by atoms with Gasteiger partial charge in [0.05, 0.1) is 11.3 Å². The normalized spacial score (nSPS) is 19.3. The molecule has 0 radical (unpaired) electrons. The fourth-order valence-corrected chi connectivity index (χ4v) is 5.17. The maximum absolute atomic E-state index is 13.0. The second-order valence-electron chi connectivity index (χ2n) is 11.1. The van der Waals surface area contributed by atoms with E-state index in [1.54, 1.807) is 12.1 Å². The van der Waals surface area contributed by atoms with Crippen LogP contribution >= 0.6 is 0 Å². The molecule has 0 saturated heterocycles. The number of benzene rings is 2. The summed E-state index contributed by atoms with van der Waals surface area (Å²) in [5.41, 5.74) is 5.83. The molecule has 1 amide bonds. The molecule has 39 heavy (non-hydrogen) atoms. The van der Waals surface area contributed by atoms with Crippen LogP contribution in [0.5, 0.6) is 5.75 Å². The number of nitrogens with one attached hydrogen (secondary N) is 2. The van der Waals surface area contributed by atoms with Gasteiger partial charge in [0.15, 0.2) is 0 Å². The zero-order valence-electron chi connectivity index (χ0n) is 23.9. The van der Waals surface area contributed by atoms with E-state index < -0.39 is 5.97 Å². The Morgan fingerprint density at radius 3 is 2.49 bits per heavy atom. The average molecular weight is 530 g/mol. The van der Waals surface area contributed by atoms with E-state index in [-0.39, 0.29) is 28.7 Å². The van der Waals surface area contributed by atoms with E-state index >= 15 is 0 Å². The average Bonchev–Trinajstić information content (AvgIpc) is 2.91. The van der Waals surface area contributed by atoms with E-state index in [4.69, 9.17) is 4.74 Å². The summed E-state index contributed by atoms with van der Waals surface area (Å²) in [5, 5.41) is 16.5. The van der Waals surface area contributed by atoms with Crippen LogP contribution in [0.3, 0.4) is 0 Å². The summed E-state index contributed by atoms with van der Waals surface area (Å²) in [5.74, 6) is -0.457. The van der Waals surface area contributed by atoms with Gasteiger partial charge < -0.3 is 20.5 Å². The van der Waals surface area contributed by atoms with Crippen LogP contribution in [0.4, 0.5) is 5.69 Å². The molecular formula is C32H39N3O4. The van der Waals surface area contributed by atoms with Gasteiger partial charge in [-0.3, -0.25) is 9.79 Å². The number of rotatable bonds is 8. The van der Waals surface area contributed by atoms with Gasteiger partial charge in [0, 0.05) is 60.9 Å². The van der Waals surface area contributed by atoms with Crippen molar-refractivity contribution in [3.63, 3.8) is 0 Å². The molecule has 2 unspecified atom stereocenters. The first kappa shape index (κ1) is 28.1. The van der Waals surface area contributed by atoms with Gasteiger partial charge in [-0.05, 0) is 67.5 Å². The van der Waals surface area contributed by atoms with Crippen molar-refractivity contribution in [3.8, 4) is 5.75 Å². The van der Waals surface area contributed by atoms with Gasteiger partial charge in [-0.2, -0.15) is 0 Å². The van der Waals surface area contributed by atoms with Crippen molar-refractivity contribution in [2.24, 2.45) is 16.3 Å². The number of amides is 1. The Balaban J connectivity index is 1.85. The molecule has 2 aromatic rings. The van der Waals surface area contributed by atoms with E-state index in [2.05, 4.69) is 48.5 Å². The largest absolute Gasteiger partial charge is 0.478 e. The zero-order chi connectivity index (χ0) is 28.5. The number of allylic oxidation sites excluding steroid dienone is 3. The molecule has 3 N–H and O–H groups in total. The molecule has 0 fully saturated rings. The number of aryl methyl sites for hydroxylation is 1. The number of ether oxygens (including phenoxy) is 1. The molecule has 0 aromatic heterocycles. The first-order valence-corrected chi connectivity index (χ1v) is 13.6. The molecule has 1 heterocycles. The lowest BCUT2D eigenvalue weighted by Gasteiger charge is -2.37. The summed E-state index contributed by atoms with van der Waals surface area (Å²) < 4.78 is 6.43. The first-order valence-electron chi connectivity index (χ1n) is 13.6. The lowest BCUT2D eigenvalue weighted by Crippen LogP contribution is -2.34. The summed E-state index contributed by atoms with van der Waals surface area (Å²) in [7, 11) is 1.86. The molecule has 7 heteroatoms. The van der Waals surface area contributed by atoms with Crippen LogP contribution < -0.4 is 15.4 Å². The maximum Gasteiger partial charge on any atom is 0.336 e. The maximum atomic E-state index is 13.0. The van der Waals surface area contributed by atoms with E-state index in [1.807, 2.05) is 40.0 Å². The van der Waals surface area contributed by atoms with E-state index in [1.165, 1.54) is 6.07 Å². The molecule has 4 rings (SSSR count). The highest BCUT2D eigenvalue weighted by Crippen LogP contribution is 2.50. The fraction of sp³-hybridized carbons (Fsp3) is 0.406. The number of carbonyl (C=O) groups is 2. The molecule has 2 atom stereocenters. The van der Waals surface area contributed by atoms with Crippen LogP contribution in [0.15, 0.2) is 58.8 Å². The number of carbonyl (C=O) groups excluding carboxylic acids is 1. The summed E-state index contributed by atoms with van der Waals surface area (Å²) in [6.07, 6.45) is 5.01. The minimum atomic E-state index is -1.07. The quantitative estimate of drug-likeness (QED) is 0.370. The molecular weight excluding hydrogens is 490 g/mol. The Labute approximate surface area is 231 Å². The van der Waals surface area contributed by atoms with Gasteiger partial charge in [0.25, 0.3) is 5.91 Å². The van der Waals surface area contributed by atoms with Crippen LogP contribution in [0.25, 0.3) is 0 Å². The molecule has 7 nitrogen and oxygen atoms in total. The number of carboxylic acid groups (broad SMARTS) is 1. The highest BCUT2D eigenvalue weighted by molar-refractivity contribution is 6.09. The molecule has 1 aliphatic carbocycles. The Morgan fingerprint density at radius 1 is 1.10 bits per heavy atom. The predicted octanol–water partition coefficient (Wildman–Crippen LogP) is 6.35. The van der Waals surface area contributed by atoms with Crippen molar-refractivity contribution in [1.82, 2.24) is 5.32 Å². The number of fused-ring (bicyclic) bond motifs is 2. The summed E-state index contributed by atoms with van der Waals surface area (Å²) in [4.78, 5) is 30.2. The summed E-state index contributed by atoms with van der Waals surface area (Å²) in [6, 6.07) is 9.06. The molecule has 1 aliphatic heterocycles. The van der Waals surface area contributed by atoms with Gasteiger partial charge in [-0.1, -0.05) is 32.9 Å². The Kier molecular flexibility index (Phi) is 8.00. The Morgan fingerprint density at radius 2 is 1.85 bits per heavy atom. The summed E-state index contributed by atoms with van der Waals surface area (Å²) in [6.45, 7) is 13.5. The molecule has 0 saturated carbocycles. The highest BCUT2D eigenvalue weighted by atomic mass is 16.5. The van der Waals surface area contributed by atoms with E-state index in [0.717, 1.165) is 40.3 Å². The number of aromatic carboxylic acids is 1. The van der Waals surface area contributed by atoms with Crippen molar-refractivity contribution >= 4 is 23.3 Å². The van der Waals surface area contributed by atoms with Crippen LogP contribution in [-0.4, -0.2) is 42.8 Å². The van der Waals surface area contributed by atoms with Crippen molar-refractivity contribution in [1.29, 1.82) is 0 Å². The van der Waals surface area contributed by atoms with Crippen molar-refractivity contribution in [3.05, 3.63) is 81.6 Å². The molecule has 0 spiro atoms. The van der Waals surface area contributed by atoms with Crippen molar-refractivity contribution in [2.75, 3.05) is 25.5 Å². The minimum Gasteiger partial charge on any atom is -0.478 e. The standard InChI is InChI=1S/C32H39N3O4/c1-8-32(5,6)17-35-30(36)20-10-11-21(22(14-20)31(37)38)29-23-12-18(3)25(33-7)15-27(23)39-28-16-26(34-9-2)19(4)13-24(28)29/h10-16,24,29,33H,8-9,17H2,1-7H3,(H,35,36)(H,37,38)/b34-26-. The smallest absolute Gasteiger partial charge is 0.336 e. The van der Waals surface area contributed by atoms with Gasteiger partial charge >= 0.3 is 5.97 Å². The van der Waals surface area contributed by atoms with Crippen molar-refractivity contribution < 1.29 is 19.4 Å². The minimum absolute atomic E-state index is 0.0467. The van der Waals surface area contributed by atoms with Gasteiger partial charge in [-0.25, -0.2) is 4.79 Å². The van der Waals surface area contributed by atoms with Crippen LogP contribution in [0.2, 0.25) is 0 Å². The van der Waals surface area contributed by atoms with E-state index in [0.29, 0.717) is 30.0 Å². The molecule has 2 aromatic carbocycles. The lowest BCUT2D eigenvalue weighted by molar-refractivity contribution is 0.0695. The first-order chi connectivity index (χ1) is 18.5. The van der Waals surface area contributed by atoms with Crippen LogP contribution in [0.1, 0.15) is 84.4 Å². The number of nitrogens with zero attached hydrogens (tertiary/aromatic N) is 1. The number of aliphatic imine (C=N–C) groups is 1. The van der Waals surface area contributed by atoms with Gasteiger partial charge in [0.2, 0.25) is 0 Å². The molecule has 206 valence electrons. The van der Waals surface area contributed by atoms with Gasteiger partial charge in [-0.15, -0.1) is 0 Å². The summed E-state index contributed by atoms with van der Waals surface area (Å²) >= 11 is 0. The molecule has 2 aliphatic rings. The monoisotopic (exact) mass is 529 g/mol. The van der Waals surface area contributed by atoms with Gasteiger partial charge in [0.1, 0.15) is 11.5 Å².